The molecule has 0 aliphatic carbocycles. The van der Waals surface area contributed by atoms with Gasteiger partial charge in [-0.05, 0) is 43.9 Å². The largest absolute Gasteiger partial charge is 0.394 e. The lowest BCUT2D eigenvalue weighted by Gasteiger charge is -2.22. The average Bonchev–Trinajstić information content (AvgIpc) is 2.84. The Morgan fingerprint density at radius 3 is 2.65 bits per heavy atom. The Balaban J connectivity index is 2.06. The minimum absolute atomic E-state index is 0.0216. The van der Waals surface area contributed by atoms with Gasteiger partial charge in [0.2, 0.25) is 0 Å². The fourth-order valence-electron chi connectivity index (χ4n) is 5.14. The van der Waals surface area contributed by atoms with Gasteiger partial charge >= 0.3 is 0 Å². The molecule has 0 unspecified atom stereocenters. The number of aliphatic imine (C=N–C) groups is 1. The first-order valence-electron chi connectivity index (χ1n) is 11.7. The summed E-state index contributed by atoms with van der Waals surface area (Å²) in [6.45, 7) is 11.9. The van der Waals surface area contributed by atoms with Gasteiger partial charge in [-0.25, -0.2) is 4.98 Å². The quantitative estimate of drug-likeness (QED) is 0.707. The molecule has 3 rings (SSSR count). The summed E-state index contributed by atoms with van der Waals surface area (Å²) in [4.78, 5) is 14.9. The molecule has 2 aromatic heterocycles. The van der Waals surface area contributed by atoms with Gasteiger partial charge in [-0.1, -0.05) is 34.6 Å². The minimum Gasteiger partial charge on any atom is -0.394 e. The number of rotatable bonds is 7. The lowest BCUT2D eigenvalue weighted by Crippen LogP contribution is -2.24. The Labute approximate surface area is 187 Å². The summed E-state index contributed by atoms with van der Waals surface area (Å²) in [5, 5.41) is 10.0. The second-order valence-electron chi connectivity index (χ2n) is 10.4. The zero-order valence-corrected chi connectivity index (χ0v) is 20.4. The van der Waals surface area contributed by atoms with E-state index < -0.39 is 0 Å². The Morgan fingerprint density at radius 1 is 1.29 bits per heavy atom. The van der Waals surface area contributed by atoms with E-state index in [4.69, 9.17) is 19.7 Å². The molecule has 3 heterocycles. The maximum Gasteiger partial charge on any atom is 0.159 e. The van der Waals surface area contributed by atoms with E-state index in [0.29, 0.717) is 18.4 Å². The van der Waals surface area contributed by atoms with Crippen molar-refractivity contribution < 1.29 is 9.84 Å². The second-order valence-corrected chi connectivity index (χ2v) is 10.4. The fraction of sp³-hybridized carbons (Fsp3) is 0.720. The number of nitrogens with zero attached hydrogens (tertiary/aromatic N) is 4. The van der Waals surface area contributed by atoms with Crippen LogP contribution < -0.4 is 0 Å². The molecule has 172 valence electrons. The van der Waals surface area contributed by atoms with Crippen molar-refractivity contribution in [2.75, 3.05) is 20.3 Å². The first-order chi connectivity index (χ1) is 14.7. The van der Waals surface area contributed by atoms with Gasteiger partial charge in [-0.2, -0.15) is 0 Å². The van der Waals surface area contributed by atoms with E-state index >= 15 is 0 Å². The molecule has 6 heteroatoms. The molecular formula is C25H40N4O2. The van der Waals surface area contributed by atoms with Crippen LogP contribution in [0.2, 0.25) is 0 Å². The Hall–Kier alpha value is -1.79. The standard InChI is InChI=1S/C25H40N4O2/c1-16(2)13-17-9-8-10-19(27-21(17)15-30)20-14-26-22-18(11-12-31-7)23(25(3,4)5)29(6)24(22)28-20/h14,16-17,21,30H,8-13,15H2,1-7H3/t17-,21-/m0/s1. The van der Waals surface area contributed by atoms with E-state index in [1.54, 1.807) is 7.11 Å². The highest BCUT2D eigenvalue weighted by Gasteiger charge is 2.28. The van der Waals surface area contributed by atoms with Crippen LogP contribution in [-0.2, 0) is 23.6 Å². The zero-order valence-electron chi connectivity index (χ0n) is 20.4. The number of aryl methyl sites for hydroxylation is 1. The molecule has 0 spiro atoms. The normalized spacial score (nSPS) is 20.4. The molecule has 0 fully saturated rings. The third-order valence-corrected chi connectivity index (χ3v) is 6.36. The molecular weight excluding hydrogens is 388 g/mol. The predicted octanol–water partition coefficient (Wildman–Crippen LogP) is 4.45. The lowest BCUT2D eigenvalue weighted by molar-refractivity contribution is 0.202. The smallest absolute Gasteiger partial charge is 0.159 e. The van der Waals surface area contributed by atoms with Gasteiger partial charge in [0.05, 0.1) is 31.2 Å². The molecule has 0 saturated carbocycles. The second kappa shape index (κ2) is 9.78. The van der Waals surface area contributed by atoms with E-state index in [2.05, 4.69) is 46.2 Å². The van der Waals surface area contributed by atoms with E-state index in [9.17, 15) is 5.11 Å². The highest BCUT2D eigenvalue weighted by Crippen LogP contribution is 2.33. The molecule has 2 atom stereocenters. The monoisotopic (exact) mass is 428 g/mol. The number of hydrogen-bond donors (Lipinski definition) is 1. The maximum absolute atomic E-state index is 10.0. The highest BCUT2D eigenvalue weighted by atomic mass is 16.5. The van der Waals surface area contributed by atoms with Crippen molar-refractivity contribution >= 4 is 16.9 Å². The third kappa shape index (κ3) is 5.17. The van der Waals surface area contributed by atoms with Crippen LogP contribution >= 0.6 is 0 Å². The number of methoxy groups -OCH3 is 1. The number of fused-ring (bicyclic) bond motifs is 1. The van der Waals surface area contributed by atoms with E-state index in [1.807, 2.05) is 6.20 Å². The van der Waals surface area contributed by atoms with E-state index in [0.717, 1.165) is 54.7 Å². The molecule has 1 aliphatic rings. The topological polar surface area (TPSA) is 72.5 Å². The molecule has 0 saturated heterocycles. The van der Waals surface area contributed by atoms with Gasteiger partial charge < -0.3 is 14.4 Å². The maximum atomic E-state index is 10.0. The van der Waals surface area contributed by atoms with Crippen LogP contribution in [0.5, 0.6) is 0 Å². The summed E-state index contributed by atoms with van der Waals surface area (Å²) in [5.41, 5.74) is 6.14. The zero-order chi connectivity index (χ0) is 22.8. The van der Waals surface area contributed by atoms with Crippen LogP contribution in [0.3, 0.4) is 0 Å². The van der Waals surface area contributed by atoms with Crippen LogP contribution in [0, 0.1) is 11.8 Å². The van der Waals surface area contributed by atoms with Gasteiger partial charge in [0.15, 0.2) is 5.65 Å². The van der Waals surface area contributed by atoms with E-state index in [-0.39, 0.29) is 18.1 Å². The third-order valence-electron chi connectivity index (χ3n) is 6.36. The van der Waals surface area contributed by atoms with Crippen LogP contribution in [0.25, 0.3) is 11.2 Å². The number of aliphatic hydroxyl groups is 1. The van der Waals surface area contributed by atoms with Gasteiger partial charge in [0.1, 0.15) is 11.2 Å². The van der Waals surface area contributed by atoms with Crippen molar-refractivity contribution in [3.63, 3.8) is 0 Å². The molecule has 0 aromatic carbocycles. The molecule has 31 heavy (non-hydrogen) atoms. The van der Waals surface area contributed by atoms with Crippen molar-refractivity contribution in [1.82, 2.24) is 14.5 Å². The first-order valence-corrected chi connectivity index (χ1v) is 11.7. The molecule has 0 amide bonds. The Bertz CT molecular complexity index is 924. The molecule has 1 aliphatic heterocycles. The van der Waals surface area contributed by atoms with E-state index in [1.165, 1.54) is 11.3 Å². The van der Waals surface area contributed by atoms with Crippen molar-refractivity contribution in [2.45, 2.75) is 78.2 Å². The van der Waals surface area contributed by atoms with Gasteiger partial charge in [0.25, 0.3) is 0 Å². The molecule has 0 bridgehead atoms. The molecule has 1 N–H and O–H groups in total. The number of aromatic nitrogens is 3. The first kappa shape index (κ1) is 23.9. The van der Waals surface area contributed by atoms with Crippen molar-refractivity contribution in [2.24, 2.45) is 23.9 Å². The van der Waals surface area contributed by atoms with Crippen LogP contribution in [0.4, 0.5) is 0 Å². The number of ether oxygens (including phenoxy) is 1. The average molecular weight is 429 g/mol. The summed E-state index contributed by atoms with van der Waals surface area (Å²) >= 11 is 0. The van der Waals surface area contributed by atoms with Crippen molar-refractivity contribution in [1.29, 1.82) is 0 Å². The number of hydrogen-bond acceptors (Lipinski definition) is 5. The van der Waals surface area contributed by atoms with Crippen molar-refractivity contribution in [3.8, 4) is 0 Å². The highest BCUT2D eigenvalue weighted by molar-refractivity contribution is 6.00. The van der Waals surface area contributed by atoms with Gasteiger partial charge in [0, 0.05) is 30.8 Å². The summed E-state index contributed by atoms with van der Waals surface area (Å²) < 4.78 is 7.56. The lowest BCUT2D eigenvalue weighted by atomic mass is 9.87. The van der Waals surface area contributed by atoms with Gasteiger partial charge in [-0.15, -0.1) is 0 Å². The fourth-order valence-corrected chi connectivity index (χ4v) is 5.14. The predicted molar refractivity (Wildman–Crippen MR) is 127 cm³/mol. The van der Waals surface area contributed by atoms with Crippen LogP contribution in [0.1, 0.15) is 77.3 Å². The molecule has 6 nitrogen and oxygen atoms in total. The summed E-state index contributed by atoms with van der Waals surface area (Å²) in [7, 11) is 3.82. The molecule has 0 radical (unpaired) electrons. The summed E-state index contributed by atoms with van der Waals surface area (Å²) in [6, 6.07) is -0.0480. The Morgan fingerprint density at radius 2 is 2.03 bits per heavy atom. The van der Waals surface area contributed by atoms with Crippen molar-refractivity contribution in [3.05, 3.63) is 23.1 Å². The molecule has 2 aromatic rings. The SMILES string of the molecule is COCCc1c(C(C)(C)C)n(C)c2nc(C3=N[C@@H](CO)[C@H](CC(C)C)CCC3)cnc12. The van der Waals surface area contributed by atoms with Gasteiger partial charge in [-0.3, -0.25) is 9.98 Å². The van der Waals surface area contributed by atoms with Crippen LogP contribution in [0.15, 0.2) is 11.2 Å². The van der Waals surface area contributed by atoms with Crippen LogP contribution in [-0.4, -0.2) is 51.7 Å². The summed E-state index contributed by atoms with van der Waals surface area (Å²) in [6.07, 6.45) is 6.86. The minimum atomic E-state index is -0.0480. The Kier molecular flexibility index (Phi) is 7.53. The number of aliphatic hydroxyl groups excluding tert-OH is 1. The summed E-state index contributed by atoms with van der Waals surface area (Å²) in [5.74, 6) is 1.04.